The van der Waals surface area contributed by atoms with Crippen molar-refractivity contribution < 1.29 is 9.32 Å². The van der Waals surface area contributed by atoms with Crippen LogP contribution in [0.3, 0.4) is 0 Å². The van der Waals surface area contributed by atoms with Gasteiger partial charge >= 0.3 is 0 Å². The van der Waals surface area contributed by atoms with Gasteiger partial charge in [-0.15, -0.1) is 0 Å². The average Bonchev–Trinajstić information content (AvgIpc) is 2.80. The van der Waals surface area contributed by atoms with Gasteiger partial charge in [-0.05, 0) is 24.3 Å². The van der Waals surface area contributed by atoms with Crippen LogP contribution in [0.5, 0.6) is 0 Å². The van der Waals surface area contributed by atoms with Crippen molar-refractivity contribution in [2.45, 2.75) is 13.3 Å². The number of halogens is 1. The topological polar surface area (TPSA) is 55.1 Å². The Hall–Kier alpha value is -1.62. The van der Waals surface area contributed by atoms with Crippen molar-refractivity contribution >= 4 is 27.5 Å². The Balaban J connectivity index is 2.14. The first kappa shape index (κ1) is 11.9. The average molecular weight is 295 g/mol. The van der Waals surface area contributed by atoms with Gasteiger partial charge in [0.1, 0.15) is 11.3 Å². The number of rotatable bonds is 3. The summed E-state index contributed by atoms with van der Waals surface area (Å²) in [6.45, 7) is 1.91. The second-order valence-corrected chi connectivity index (χ2v) is 4.39. The molecule has 1 aromatic heterocycles. The molecule has 0 saturated heterocycles. The Morgan fingerprint density at radius 2 is 2.12 bits per heavy atom. The van der Waals surface area contributed by atoms with E-state index in [1.54, 1.807) is 0 Å². The molecule has 2 rings (SSSR count). The standard InChI is InChI=1S/C12H11BrN2O2/c1-2-11-10(7-14-17-11)12(16)15-9-5-3-8(13)4-6-9/h3-7H,2H2,1H3,(H,15,16). The molecule has 17 heavy (non-hydrogen) atoms. The van der Waals surface area contributed by atoms with Crippen molar-refractivity contribution in [1.29, 1.82) is 0 Å². The largest absolute Gasteiger partial charge is 0.361 e. The number of amides is 1. The summed E-state index contributed by atoms with van der Waals surface area (Å²) in [5.41, 5.74) is 1.22. The van der Waals surface area contributed by atoms with Gasteiger partial charge in [0, 0.05) is 16.6 Å². The lowest BCUT2D eigenvalue weighted by Gasteiger charge is -2.03. The molecule has 0 radical (unpaired) electrons. The summed E-state index contributed by atoms with van der Waals surface area (Å²) < 4.78 is 5.94. The van der Waals surface area contributed by atoms with Gasteiger partial charge in [-0.3, -0.25) is 4.79 Å². The number of aryl methyl sites for hydroxylation is 1. The number of carbonyl (C=O) groups is 1. The van der Waals surface area contributed by atoms with E-state index in [0.29, 0.717) is 17.7 Å². The number of benzene rings is 1. The fraction of sp³-hybridized carbons (Fsp3) is 0.167. The third-order valence-corrected chi connectivity index (χ3v) is 2.84. The van der Waals surface area contributed by atoms with E-state index in [4.69, 9.17) is 4.52 Å². The zero-order valence-corrected chi connectivity index (χ0v) is 10.8. The minimum atomic E-state index is -0.203. The first-order valence-electron chi connectivity index (χ1n) is 5.21. The molecule has 0 bridgehead atoms. The van der Waals surface area contributed by atoms with Crippen molar-refractivity contribution in [2.75, 3.05) is 5.32 Å². The van der Waals surface area contributed by atoms with Crippen molar-refractivity contribution in [2.24, 2.45) is 0 Å². The predicted molar refractivity (Wildman–Crippen MR) is 68.0 cm³/mol. The number of nitrogens with zero attached hydrogens (tertiary/aromatic N) is 1. The van der Waals surface area contributed by atoms with Crippen molar-refractivity contribution in [3.8, 4) is 0 Å². The Bertz CT molecular complexity index is 520. The van der Waals surface area contributed by atoms with Crippen LogP contribution in [0, 0.1) is 0 Å². The molecule has 4 nitrogen and oxygen atoms in total. The van der Waals surface area contributed by atoms with Gasteiger partial charge in [0.2, 0.25) is 0 Å². The number of aromatic nitrogens is 1. The van der Waals surface area contributed by atoms with Crippen LogP contribution in [0.4, 0.5) is 5.69 Å². The van der Waals surface area contributed by atoms with E-state index in [1.165, 1.54) is 6.20 Å². The second-order valence-electron chi connectivity index (χ2n) is 3.48. The predicted octanol–water partition coefficient (Wildman–Crippen LogP) is 3.25. The first-order valence-corrected chi connectivity index (χ1v) is 6.00. The van der Waals surface area contributed by atoms with Gasteiger partial charge in [0.25, 0.3) is 5.91 Å². The highest BCUT2D eigenvalue weighted by molar-refractivity contribution is 9.10. The molecule has 1 N–H and O–H groups in total. The van der Waals surface area contributed by atoms with Gasteiger partial charge in [0.05, 0.1) is 6.20 Å². The molecule has 1 aromatic carbocycles. The van der Waals surface area contributed by atoms with Gasteiger partial charge < -0.3 is 9.84 Å². The lowest BCUT2D eigenvalue weighted by molar-refractivity contribution is 0.102. The van der Waals surface area contributed by atoms with Gasteiger partial charge in [-0.1, -0.05) is 28.0 Å². The zero-order valence-electron chi connectivity index (χ0n) is 9.24. The molecule has 0 unspecified atom stereocenters. The molecule has 1 heterocycles. The molecular formula is C12H11BrN2O2. The molecule has 0 saturated carbocycles. The Labute approximate surface area is 107 Å². The number of carbonyl (C=O) groups excluding carboxylic acids is 1. The van der Waals surface area contributed by atoms with Crippen LogP contribution in [-0.4, -0.2) is 11.1 Å². The van der Waals surface area contributed by atoms with E-state index < -0.39 is 0 Å². The highest BCUT2D eigenvalue weighted by atomic mass is 79.9. The minimum Gasteiger partial charge on any atom is -0.361 e. The molecular weight excluding hydrogens is 284 g/mol. The molecule has 2 aromatic rings. The summed E-state index contributed by atoms with van der Waals surface area (Å²) >= 11 is 3.34. The maximum absolute atomic E-state index is 11.9. The fourth-order valence-corrected chi connectivity index (χ4v) is 1.70. The molecule has 0 spiro atoms. The van der Waals surface area contributed by atoms with Gasteiger partial charge in [-0.2, -0.15) is 0 Å². The minimum absolute atomic E-state index is 0.203. The molecule has 88 valence electrons. The zero-order chi connectivity index (χ0) is 12.3. The summed E-state index contributed by atoms with van der Waals surface area (Å²) in [6, 6.07) is 7.37. The molecule has 0 aliphatic rings. The second kappa shape index (κ2) is 5.14. The molecule has 1 amide bonds. The number of anilines is 1. The first-order chi connectivity index (χ1) is 8.20. The highest BCUT2D eigenvalue weighted by Crippen LogP contribution is 2.16. The van der Waals surface area contributed by atoms with Crippen LogP contribution in [0.15, 0.2) is 39.5 Å². The summed E-state index contributed by atoms with van der Waals surface area (Å²) in [5.74, 6) is 0.394. The number of hydrogen-bond acceptors (Lipinski definition) is 3. The van der Waals surface area contributed by atoms with Crippen molar-refractivity contribution in [3.05, 3.63) is 46.3 Å². The smallest absolute Gasteiger partial charge is 0.260 e. The fourth-order valence-electron chi connectivity index (χ4n) is 1.44. The Kier molecular flexibility index (Phi) is 3.58. The van der Waals surface area contributed by atoms with E-state index in [2.05, 4.69) is 26.4 Å². The molecule has 0 aliphatic heterocycles. The monoisotopic (exact) mass is 294 g/mol. The van der Waals surface area contributed by atoms with Gasteiger partial charge in [-0.25, -0.2) is 0 Å². The normalized spacial score (nSPS) is 10.2. The van der Waals surface area contributed by atoms with Crippen LogP contribution in [0.2, 0.25) is 0 Å². The number of hydrogen-bond donors (Lipinski definition) is 1. The summed E-state index contributed by atoms with van der Waals surface area (Å²) in [5, 5.41) is 6.41. The summed E-state index contributed by atoms with van der Waals surface area (Å²) in [6.07, 6.45) is 2.08. The number of nitrogens with one attached hydrogen (secondary N) is 1. The van der Waals surface area contributed by atoms with Crippen LogP contribution < -0.4 is 5.32 Å². The Morgan fingerprint density at radius 3 is 2.76 bits per heavy atom. The van der Waals surface area contributed by atoms with E-state index in [1.807, 2.05) is 31.2 Å². The lowest BCUT2D eigenvalue weighted by atomic mass is 10.2. The SMILES string of the molecule is CCc1oncc1C(=O)Nc1ccc(Br)cc1. The summed E-state index contributed by atoms with van der Waals surface area (Å²) in [4.78, 5) is 11.9. The summed E-state index contributed by atoms with van der Waals surface area (Å²) in [7, 11) is 0. The van der Waals surface area contributed by atoms with E-state index >= 15 is 0 Å². The highest BCUT2D eigenvalue weighted by Gasteiger charge is 2.14. The Morgan fingerprint density at radius 1 is 1.41 bits per heavy atom. The van der Waals surface area contributed by atoms with Gasteiger partial charge in [0.15, 0.2) is 0 Å². The van der Waals surface area contributed by atoms with E-state index in [-0.39, 0.29) is 5.91 Å². The van der Waals surface area contributed by atoms with Crippen LogP contribution >= 0.6 is 15.9 Å². The van der Waals surface area contributed by atoms with Crippen molar-refractivity contribution in [3.63, 3.8) is 0 Å². The third kappa shape index (κ3) is 2.74. The van der Waals surface area contributed by atoms with Crippen molar-refractivity contribution in [1.82, 2.24) is 5.16 Å². The molecule has 5 heteroatoms. The lowest BCUT2D eigenvalue weighted by Crippen LogP contribution is -2.12. The molecule has 0 atom stereocenters. The van der Waals surface area contributed by atoms with E-state index in [0.717, 1.165) is 10.2 Å². The maximum Gasteiger partial charge on any atom is 0.260 e. The molecule has 0 aliphatic carbocycles. The maximum atomic E-state index is 11.9. The third-order valence-electron chi connectivity index (χ3n) is 2.31. The van der Waals surface area contributed by atoms with Crippen LogP contribution in [-0.2, 0) is 6.42 Å². The van der Waals surface area contributed by atoms with Crippen LogP contribution in [0.1, 0.15) is 23.0 Å². The quantitative estimate of drug-likeness (QED) is 0.945. The molecule has 0 fully saturated rings. The van der Waals surface area contributed by atoms with Crippen LogP contribution in [0.25, 0.3) is 0 Å². The van der Waals surface area contributed by atoms with E-state index in [9.17, 15) is 4.79 Å².